The zero-order valence-corrected chi connectivity index (χ0v) is 11.9. The van der Waals surface area contributed by atoms with E-state index in [1.165, 1.54) is 25.7 Å². The molecule has 1 aromatic rings. The first-order valence-corrected chi connectivity index (χ1v) is 7.11. The summed E-state index contributed by atoms with van der Waals surface area (Å²) in [5.41, 5.74) is 7.65. The molecule has 0 radical (unpaired) electrons. The molecule has 3 nitrogen and oxygen atoms in total. The lowest BCUT2D eigenvalue weighted by molar-refractivity contribution is -0.117. The van der Waals surface area contributed by atoms with E-state index in [0.29, 0.717) is 17.9 Å². The lowest BCUT2D eigenvalue weighted by Crippen LogP contribution is -2.38. The standard InChI is InChI=1S/C16H24N2O/c1-16(2)10-4-3-5-14(16)18-13-8-6-12(7-9-13)11-15(17)19/h6-9,14,18H,3-5,10-11H2,1-2H3,(H2,17,19). The highest BCUT2D eigenvalue weighted by Crippen LogP contribution is 2.37. The van der Waals surface area contributed by atoms with E-state index in [-0.39, 0.29) is 5.91 Å². The highest BCUT2D eigenvalue weighted by atomic mass is 16.1. The van der Waals surface area contributed by atoms with Gasteiger partial charge in [-0.15, -0.1) is 0 Å². The topological polar surface area (TPSA) is 55.1 Å². The van der Waals surface area contributed by atoms with Gasteiger partial charge in [-0.1, -0.05) is 38.8 Å². The maximum absolute atomic E-state index is 10.9. The number of amides is 1. The Labute approximate surface area is 115 Å². The maximum Gasteiger partial charge on any atom is 0.221 e. The van der Waals surface area contributed by atoms with Crippen molar-refractivity contribution in [2.45, 2.75) is 52.0 Å². The van der Waals surface area contributed by atoms with E-state index in [0.717, 1.165) is 11.3 Å². The zero-order valence-electron chi connectivity index (χ0n) is 11.9. The van der Waals surface area contributed by atoms with Crippen LogP contribution in [-0.2, 0) is 11.2 Å². The Kier molecular flexibility index (Phi) is 4.13. The Hall–Kier alpha value is -1.51. The smallest absolute Gasteiger partial charge is 0.221 e. The van der Waals surface area contributed by atoms with Crippen molar-refractivity contribution in [2.24, 2.45) is 11.1 Å². The molecule has 0 bridgehead atoms. The lowest BCUT2D eigenvalue weighted by atomic mass is 9.73. The first kappa shape index (κ1) is 13.9. The number of rotatable bonds is 4. The molecule has 1 amide bonds. The molecule has 3 N–H and O–H groups in total. The molecule has 0 spiro atoms. The van der Waals surface area contributed by atoms with Crippen molar-refractivity contribution in [2.75, 3.05) is 5.32 Å². The molecule has 104 valence electrons. The van der Waals surface area contributed by atoms with E-state index in [9.17, 15) is 4.79 Å². The molecule has 1 fully saturated rings. The molecule has 0 heterocycles. The Morgan fingerprint density at radius 3 is 2.58 bits per heavy atom. The van der Waals surface area contributed by atoms with Crippen molar-refractivity contribution in [1.82, 2.24) is 0 Å². The predicted molar refractivity (Wildman–Crippen MR) is 79.0 cm³/mol. The number of nitrogens with one attached hydrogen (secondary N) is 1. The number of anilines is 1. The van der Waals surface area contributed by atoms with Gasteiger partial charge in [0.15, 0.2) is 0 Å². The third-order valence-corrected chi connectivity index (χ3v) is 4.18. The van der Waals surface area contributed by atoms with E-state index >= 15 is 0 Å². The molecule has 2 rings (SSSR count). The molecule has 1 aliphatic carbocycles. The van der Waals surface area contributed by atoms with Crippen LogP contribution in [0.3, 0.4) is 0 Å². The van der Waals surface area contributed by atoms with E-state index in [1.807, 2.05) is 24.3 Å². The Morgan fingerprint density at radius 2 is 2.00 bits per heavy atom. The van der Waals surface area contributed by atoms with Gasteiger partial charge in [0.05, 0.1) is 6.42 Å². The first-order chi connectivity index (χ1) is 8.97. The van der Waals surface area contributed by atoms with Gasteiger partial charge in [0.1, 0.15) is 0 Å². The van der Waals surface area contributed by atoms with Crippen LogP contribution in [-0.4, -0.2) is 11.9 Å². The minimum Gasteiger partial charge on any atom is -0.382 e. The van der Waals surface area contributed by atoms with Crippen molar-refractivity contribution in [3.63, 3.8) is 0 Å². The fraction of sp³-hybridized carbons (Fsp3) is 0.562. The average molecular weight is 260 g/mol. The van der Waals surface area contributed by atoms with E-state index < -0.39 is 0 Å². The predicted octanol–water partition coefficient (Wildman–Crippen LogP) is 3.10. The number of primary amides is 1. The summed E-state index contributed by atoms with van der Waals surface area (Å²) in [5.74, 6) is -0.283. The van der Waals surface area contributed by atoms with Gasteiger partial charge >= 0.3 is 0 Å². The summed E-state index contributed by atoms with van der Waals surface area (Å²) in [5, 5.41) is 3.64. The lowest BCUT2D eigenvalue weighted by Gasteiger charge is -2.39. The third kappa shape index (κ3) is 3.72. The number of carbonyl (C=O) groups is 1. The van der Waals surface area contributed by atoms with Crippen LogP contribution in [0.15, 0.2) is 24.3 Å². The van der Waals surface area contributed by atoms with Crippen molar-refractivity contribution in [3.8, 4) is 0 Å². The molecule has 1 aliphatic rings. The van der Waals surface area contributed by atoms with E-state index in [2.05, 4.69) is 19.2 Å². The zero-order chi connectivity index (χ0) is 13.9. The average Bonchev–Trinajstić information content (AvgIpc) is 2.33. The van der Waals surface area contributed by atoms with Gasteiger partial charge in [-0.05, 0) is 36.0 Å². The van der Waals surface area contributed by atoms with E-state index in [4.69, 9.17) is 5.73 Å². The molecule has 3 heteroatoms. The van der Waals surface area contributed by atoms with Gasteiger partial charge in [0, 0.05) is 11.7 Å². The fourth-order valence-electron chi connectivity index (χ4n) is 2.88. The molecule has 1 saturated carbocycles. The van der Waals surface area contributed by atoms with Gasteiger partial charge in [-0.3, -0.25) is 4.79 Å². The van der Waals surface area contributed by atoms with Crippen molar-refractivity contribution < 1.29 is 4.79 Å². The number of carbonyl (C=O) groups excluding carboxylic acids is 1. The third-order valence-electron chi connectivity index (χ3n) is 4.18. The molecule has 0 saturated heterocycles. The highest BCUT2D eigenvalue weighted by Gasteiger charge is 2.31. The summed E-state index contributed by atoms with van der Waals surface area (Å²) in [6, 6.07) is 8.57. The number of benzene rings is 1. The monoisotopic (exact) mass is 260 g/mol. The molecule has 0 aliphatic heterocycles. The van der Waals surface area contributed by atoms with Crippen LogP contribution in [0.25, 0.3) is 0 Å². The van der Waals surface area contributed by atoms with Gasteiger partial charge in [0.25, 0.3) is 0 Å². The van der Waals surface area contributed by atoms with E-state index in [1.54, 1.807) is 0 Å². The summed E-state index contributed by atoms with van der Waals surface area (Å²) in [6.07, 6.45) is 5.47. The SMILES string of the molecule is CC1(C)CCCCC1Nc1ccc(CC(N)=O)cc1. The van der Waals surface area contributed by atoms with Crippen molar-refractivity contribution in [1.29, 1.82) is 0 Å². The Balaban J connectivity index is 2.00. The van der Waals surface area contributed by atoms with Gasteiger partial charge in [-0.2, -0.15) is 0 Å². The van der Waals surface area contributed by atoms with Crippen LogP contribution in [0.5, 0.6) is 0 Å². The number of nitrogens with two attached hydrogens (primary N) is 1. The molecular weight excluding hydrogens is 236 g/mol. The molecular formula is C16H24N2O. The van der Waals surface area contributed by atoms with Crippen LogP contribution in [0.4, 0.5) is 5.69 Å². The molecule has 1 aromatic carbocycles. The van der Waals surface area contributed by atoms with Crippen LogP contribution in [0, 0.1) is 5.41 Å². The number of hydrogen-bond donors (Lipinski definition) is 2. The van der Waals surface area contributed by atoms with Gasteiger partial charge < -0.3 is 11.1 Å². The van der Waals surface area contributed by atoms with Gasteiger partial charge in [-0.25, -0.2) is 0 Å². The summed E-state index contributed by atoms with van der Waals surface area (Å²) in [7, 11) is 0. The second kappa shape index (κ2) is 5.64. The second-order valence-electron chi connectivity index (χ2n) is 6.27. The second-order valence-corrected chi connectivity index (χ2v) is 6.27. The largest absolute Gasteiger partial charge is 0.382 e. The number of hydrogen-bond acceptors (Lipinski definition) is 2. The Bertz CT molecular complexity index is 437. The van der Waals surface area contributed by atoms with Crippen LogP contribution < -0.4 is 11.1 Å². The van der Waals surface area contributed by atoms with Crippen LogP contribution in [0.1, 0.15) is 45.1 Å². The normalized spacial score (nSPS) is 21.9. The maximum atomic E-state index is 10.9. The first-order valence-electron chi connectivity index (χ1n) is 7.11. The Morgan fingerprint density at radius 1 is 1.32 bits per heavy atom. The van der Waals surface area contributed by atoms with Crippen LogP contribution >= 0.6 is 0 Å². The molecule has 1 atom stereocenters. The quantitative estimate of drug-likeness (QED) is 0.874. The summed E-state index contributed by atoms with van der Waals surface area (Å²) in [6.45, 7) is 4.68. The summed E-state index contributed by atoms with van der Waals surface area (Å²) >= 11 is 0. The molecule has 0 aromatic heterocycles. The fourth-order valence-corrected chi connectivity index (χ4v) is 2.88. The van der Waals surface area contributed by atoms with Gasteiger partial charge in [0.2, 0.25) is 5.91 Å². The minimum absolute atomic E-state index is 0.283. The molecule has 1 unspecified atom stereocenters. The van der Waals surface area contributed by atoms with Crippen molar-refractivity contribution in [3.05, 3.63) is 29.8 Å². The highest BCUT2D eigenvalue weighted by molar-refractivity contribution is 5.76. The van der Waals surface area contributed by atoms with Crippen molar-refractivity contribution >= 4 is 11.6 Å². The minimum atomic E-state index is -0.283. The summed E-state index contributed by atoms with van der Waals surface area (Å²) < 4.78 is 0. The molecule has 19 heavy (non-hydrogen) atoms. The summed E-state index contributed by atoms with van der Waals surface area (Å²) in [4.78, 5) is 10.9. The van der Waals surface area contributed by atoms with Crippen LogP contribution in [0.2, 0.25) is 0 Å².